The van der Waals surface area contributed by atoms with E-state index in [1.807, 2.05) is 0 Å². The second kappa shape index (κ2) is 9.60. The van der Waals surface area contributed by atoms with Crippen molar-refractivity contribution in [2.75, 3.05) is 0 Å². The van der Waals surface area contributed by atoms with Gasteiger partial charge in [-0.25, -0.2) is 4.39 Å². The predicted octanol–water partition coefficient (Wildman–Crippen LogP) is 8.14. The number of hydrogen-bond acceptors (Lipinski definition) is 2. The lowest BCUT2D eigenvalue weighted by molar-refractivity contribution is -0.0731. The van der Waals surface area contributed by atoms with Gasteiger partial charge in [-0.15, -0.1) is 0 Å². The third kappa shape index (κ3) is 4.54. The van der Waals surface area contributed by atoms with Crippen LogP contribution in [0.2, 0.25) is 0 Å². The Labute approximate surface area is 212 Å². The molecule has 5 rings (SSSR count). The molecule has 4 aliphatic carbocycles. The lowest BCUT2D eigenvalue weighted by atomic mass is 9.46. The van der Waals surface area contributed by atoms with Gasteiger partial charge in [0.1, 0.15) is 5.82 Å². The summed E-state index contributed by atoms with van der Waals surface area (Å²) in [5.41, 5.74) is 2.67. The Morgan fingerprint density at radius 2 is 1.80 bits per heavy atom. The first-order valence-electron chi connectivity index (χ1n) is 14.5. The number of halogens is 1. The van der Waals surface area contributed by atoms with Crippen molar-refractivity contribution in [3.05, 3.63) is 47.3 Å². The molecule has 3 fully saturated rings. The van der Waals surface area contributed by atoms with Crippen molar-refractivity contribution in [1.82, 2.24) is 0 Å². The van der Waals surface area contributed by atoms with E-state index in [0.29, 0.717) is 10.8 Å². The fourth-order valence-electron chi connectivity index (χ4n) is 9.38. The molecule has 0 bridgehead atoms. The van der Waals surface area contributed by atoms with E-state index < -0.39 is 11.7 Å². The van der Waals surface area contributed by atoms with Gasteiger partial charge in [0.05, 0.1) is 11.7 Å². The topological polar surface area (TPSA) is 40.5 Å². The van der Waals surface area contributed by atoms with Gasteiger partial charge in [0.15, 0.2) is 0 Å². The Morgan fingerprint density at radius 3 is 2.54 bits per heavy atom. The molecule has 3 saturated carbocycles. The molecule has 0 amide bonds. The van der Waals surface area contributed by atoms with E-state index in [1.54, 1.807) is 17.7 Å². The molecule has 1 aromatic rings. The zero-order valence-corrected chi connectivity index (χ0v) is 22.2. The Hall–Kier alpha value is -1.19. The predicted molar refractivity (Wildman–Crippen MR) is 140 cm³/mol. The van der Waals surface area contributed by atoms with Gasteiger partial charge in [-0.05, 0) is 123 Å². The van der Waals surface area contributed by atoms with Gasteiger partial charge in [-0.3, -0.25) is 0 Å². The second-order valence-corrected chi connectivity index (χ2v) is 13.2. The SMILES string of the molecule is CCC[C@]1(O)CCC2(C)C(=CCC3C2CCC2(C)C(CCCC(O)c4ccc(F)cc4)CCC32)C1. The van der Waals surface area contributed by atoms with Crippen molar-refractivity contribution in [1.29, 1.82) is 0 Å². The molecule has 0 aromatic heterocycles. The van der Waals surface area contributed by atoms with Crippen LogP contribution in [0.5, 0.6) is 0 Å². The number of aliphatic hydroxyl groups excluding tert-OH is 1. The first kappa shape index (κ1) is 25.5. The molecule has 2 N–H and O–H groups in total. The molecule has 7 unspecified atom stereocenters. The van der Waals surface area contributed by atoms with Crippen LogP contribution >= 0.6 is 0 Å². The van der Waals surface area contributed by atoms with Gasteiger partial charge in [0.25, 0.3) is 0 Å². The van der Waals surface area contributed by atoms with Crippen molar-refractivity contribution in [2.45, 2.75) is 116 Å². The van der Waals surface area contributed by atoms with E-state index in [1.165, 1.54) is 50.7 Å². The summed E-state index contributed by atoms with van der Waals surface area (Å²) >= 11 is 0. The van der Waals surface area contributed by atoms with Crippen LogP contribution in [0.3, 0.4) is 0 Å². The number of benzene rings is 1. The highest BCUT2D eigenvalue weighted by molar-refractivity contribution is 5.27. The number of hydrogen-bond donors (Lipinski definition) is 2. The Bertz CT molecular complexity index is 924. The van der Waals surface area contributed by atoms with Gasteiger partial charge in [-0.2, -0.15) is 0 Å². The van der Waals surface area contributed by atoms with E-state index in [4.69, 9.17) is 0 Å². The molecule has 0 saturated heterocycles. The van der Waals surface area contributed by atoms with Crippen LogP contribution in [0.15, 0.2) is 35.9 Å². The largest absolute Gasteiger partial charge is 0.390 e. The third-order valence-electron chi connectivity index (χ3n) is 11.5. The summed E-state index contributed by atoms with van der Waals surface area (Å²) in [6.45, 7) is 7.32. The van der Waals surface area contributed by atoms with Crippen LogP contribution in [0.1, 0.15) is 116 Å². The fraction of sp³-hybridized carbons (Fsp3) is 0.750. The van der Waals surface area contributed by atoms with Crippen LogP contribution in [-0.2, 0) is 0 Å². The zero-order chi connectivity index (χ0) is 24.8. The monoisotopic (exact) mass is 482 g/mol. The minimum absolute atomic E-state index is 0.245. The smallest absolute Gasteiger partial charge is 0.123 e. The molecule has 2 nitrogen and oxygen atoms in total. The minimum atomic E-state index is -0.490. The summed E-state index contributed by atoms with van der Waals surface area (Å²) in [5.74, 6) is 2.91. The average molecular weight is 483 g/mol. The molecular weight excluding hydrogens is 435 g/mol. The highest BCUT2D eigenvalue weighted by atomic mass is 19.1. The first-order chi connectivity index (χ1) is 16.7. The van der Waals surface area contributed by atoms with Gasteiger partial charge in [0.2, 0.25) is 0 Å². The number of allylic oxidation sites excluding steroid dienone is 1. The van der Waals surface area contributed by atoms with Gasteiger partial charge >= 0.3 is 0 Å². The summed E-state index contributed by atoms with van der Waals surface area (Å²) in [5, 5.41) is 21.8. The molecule has 8 atom stereocenters. The highest BCUT2D eigenvalue weighted by Crippen LogP contribution is 2.67. The molecule has 0 radical (unpaired) electrons. The van der Waals surface area contributed by atoms with Crippen LogP contribution in [0.4, 0.5) is 4.39 Å². The zero-order valence-electron chi connectivity index (χ0n) is 22.2. The fourth-order valence-corrected chi connectivity index (χ4v) is 9.38. The summed E-state index contributed by atoms with van der Waals surface area (Å²) in [6.07, 6.45) is 16.7. The first-order valence-corrected chi connectivity index (χ1v) is 14.5. The van der Waals surface area contributed by atoms with Crippen molar-refractivity contribution in [3.8, 4) is 0 Å². The highest BCUT2D eigenvalue weighted by Gasteiger charge is 2.59. The molecule has 3 heteroatoms. The molecular formula is C32H47FO2. The summed E-state index contributed by atoms with van der Waals surface area (Å²) in [4.78, 5) is 0. The molecule has 194 valence electrons. The second-order valence-electron chi connectivity index (χ2n) is 13.2. The van der Waals surface area contributed by atoms with Crippen molar-refractivity contribution in [3.63, 3.8) is 0 Å². The normalized spacial score (nSPS) is 41.5. The van der Waals surface area contributed by atoms with E-state index in [-0.39, 0.29) is 5.82 Å². The van der Waals surface area contributed by atoms with Crippen LogP contribution in [0, 0.1) is 40.3 Å². The number of aliphatic hydroxyl groups is 2. The van der Waals surface area contributed by atoms with Crippen LogP contribution in [0.25, 0.3) is 0 Å². The van der Waals surface area contributed by atoms with Crippen molar-refractivity contribution < 1.29 is 14.6 Å². The van der Waals surface area contributed by atoms with Crippen LogP contribution in [-0.4, -0.2) is 15.8 Å². The lowest BCUT2D eigenvalue weighted by Crippen LogP contribution is -2.52. The Kier molecular flexibility index (Phi) is 6.98. The van der Waals surface area contributed by atoms with E-state index >= 15 is 0 Å². The Morgan fingerprint density at radius 1 is 1.03 bits per heavy atom. The maximum Gasteiger partial charge on any atom is 0.123 e. The van der Waals surface area contributed by atoms with Crippen LogP contribution < -0.4 is 0 Å². The number of rotatable bonds is 7. The Balaban J connectivity index is 1.23. The van der Waals surface area contributed by atoms with Crippen molar-refractivity contribution >= 4 is 0 Å². The molecule has 0 spiro atoms. The lowest BCUT2D eigenvalue weighted by Gasteiger charge is -2.59. The van der Waals surface area contributed by atoms with Gasteiger partial charge in [0, 0.05) is 0 Å². The van der Waals surface area contributed by atoms with E-state index in [0.717, 1.165) is 74.2 Å². The summed E-state index contributed by atoms with van der Waals surface area (Å²) in [7, 11) is 0. The molecule has 0 aliphatic heterocycles. The van der Waals surface area contributed by atoms with Gasteiger partial charge < -0.3 is 10.2 Å². The number of fused-ring (bicyclic) bond motifs is 5. The maximum atomic E-state index is 13.2. The molecule has 35 heavy (non-hydrogen) atoms. The summed E-state index contributed by atoms with van der Waals surface area (Å²) in [6, 6.07) is 6.32. The maximum absolute atomic E-state index is 13.2. The minimum Gasteiger partial charge on any atom is -0.390 e. The molecule has 0 heterocycles. The van der Waals surface area contributed by atoms with Gasteiger partial charge in [-0.1, -0.05) is 57.4 Å². The molecule has 4 aliphatic rings. The quantitative estimate of drug-likeness (QED) is 0.385. The molecule has 1 aromatic carbocycles. The van der Waals surface area contributed by atoms with E-state index in [2.05, 4.69) is 26.8 Å². The average Bonchev–Trinajstić information content (AvgIpc) is 3.16. The van der Waals surface area contributed by atoms with Crippen molar-refractivity contribution in [2.24, 2.45) is 34.5 Å². The standard InChI is InChI=1S/C32H47FO2/c1-4-17-32(35)20-19-31(3)24(21-32)10-14-26-27-15-11-23(30(27,2)18-16-28(26)31)6-5-7-29(34)22-8-12-25(33)13-9-22/h8-10,12-13,23,26-29,34-35H,4-7,11,14-21H2,1-3H3/t23?,26?,27?,28?,29?,30?,31?,32-/m0/s1. The van der Waals surface area contributed by atoms with E-state index in [9.17, 15) is 14.6 Å². The summed E-state index contributed by atoms with van der Waals surface area (Å²) < 4.78 is 13.2. The third-order valence-corrected chi connectivity index (χ3v) is 11.5.